The third-order valence-electron chi connectivity index (χ3n) is 6.13. The van der Waals surface area contributed by atoms with E-state index in [9.17, 15) is 13.2 Å². The first-order chi connectivity index (χ1) is 15.1. The summed E-state index contributed by atoms with van der Waals surface area (Å²) in [6.45, 7) is 7.53. The number of carbonyl (C=O) groups excluding carboxylic acids is 1. The van der Waals surface area contributed by atoms with Gasteiger partial charge in [-0.05, 0) is 69.4 Å². The van der Waals surface area contributed by atoms with Crippen molar-refractivity contribution in [1.82, 2.24) is 4.31 Å². The Bertz CT molecular complexity index is 1070. The molecule has 0 saturated heterocycles. The monoisotopic (exact) mass is 458 g/mol. The first-order valence-electron chi connectivity index (χ1n) is 11.2. The van der Waals surface area contributed by atoms with Gasteiger partial charge in [0.2, 0.25) is 15.9 Å². The van der Waals surface area contributed by atoms with Crippen molar-refractivity contribution in [2.24, 2.45) is 0 Å². The second-order valence-corrected chi connectivity index (χ2v) is 10.7. The van der Waals surface area contributed by atoms with Crippen LogP contribution in [0.5, 0.6) is 5.75 Å². The summed E-state index contributed by atoms with van der Waals surface area (Å²) < 4.78 is 34.3. The maximum absolute atomic E-state index is 13.8. The van der Waals surface area contributed by atoms with E-state index in [1.807, 2.05) is 45.9 Å². The molecule has 6 nitrogen and oxygen atoms in total. The highest BCUT2D eigenvalue weighted by Gasteiger charge is 2.36. The average molecular weight is 459 g/mol. The number of benzene rings is 2. The summed E-state index contributed by atoms with van der Waals surface area (Å²) in [4.78, 5) is 13.2. The fourth-order valence-electron chi connectivity index (χ4n) is 4.59. The molecule has 32 heavy (non-hydrogen) atoms. The number of amides is 1. The van der Waals surface area contributed by atoms with Crippen LogP contribution in [0.2, 0.25) is 0 Å². The highest BCUT2D eigenvalue weighted by Crippen LogP contribution is 2.33. The van der Waals surface area contributed by atoms with Crippen LogP contribution < -0.4 is 10.1 Å². The Morgan fingerprint density at radius 2 is 1.62 bits per heavy atom. The van der Waals surface area contributed by atoms with Crippen LogP contribution in [0.4, 0.5) is 5.69 Å². The second-order valence-electron chi connectivity index (χ2n) is 8.82. The van der Waals surface area contributed by atoms with Crippen molar-refractivity contribution in [2.75, 3.05) is 19.0 Å². The Morgan fingerprint density at radius 3 is 2.22 bits per heavy atom. The van der Waals surface area contributed by atoms with Gasteiger partial charge in [-0.2, -0.15) is 4.31 Å². The fourth-order valence-corrected chi connectivity index (χ4v) is 6.47. The molecule has 0 aliphatic heterocycles. The van der Waals surface area contributed by atoms with E-state index in [0.29, 0.717) is 5.75 Å². The first-order valence-corrected chi connectivity index (χ1v) is 12.6. The largest absolute Gasteiger partial charge is 0.495 e. The lowest BCUT2D eigenvalue weighted by Crippen LogP contribution is -2.45. The van der Waals surface area contributed by atoms with Crippen LogP contribution in [0.15, 0.2) is 35.2 Å². The van der Waals surface area contributed by atoms with Gasteiger partial charge in [0.05, 0.1) is 13.7 Å². The van der Waals surface area contributed by atoms with Crippen LogP contribution in [0.1, 0.15) is 54.4 Å². The predicted octanol–water partition coefficient (Wildman–Crippen LogP) is 4.89. The van der Waals surface area contributed by atoms with E-state index >= 15 is 0 Å². The van der Waals surface area contributed by atoms with Crippen LogP contribution in [0.3, 0.4) is 0 Å². The highest BCUT2D eigenvalue weighted by molar-refractivity contribution is 7.89. The van der Waals surface area contributed by atoms with Crippen LogP contribution in [-0.4, -0.2) is 38.3 Å². The number of rotatable bonds is 7. The molecule has 1 fully saturated rings. The summed E-state index contributed by atoms with van der Waals surface area (Å²) in [6, 6.07) is 8.92. The Labute approximate surface area is 192 Å². The number of anilines is 1. The third-order valence-corrected chi connectivity index (χ3v) is 8.05. The van der Waals surface area contributed by atoms with Crippen molar-refractivity contribution in [1.29, 1.82) is 0 Å². The van der Waals surface area contributed by atoms with E-state index in [-0.39, 0.29) is 23.4 Å². The summed E-state index contributed by atoms with van der Waals surface area (Å²) >= 11 is 0. The number of hydrogen-bond donors (Lipinski definition) is 1. The number of sulfonamides is 1. The molecule has 1 saturated carbocycles. The number of methoxy groups -OCH3 is 1. The number of carbonyl (C=O) groups is 1. The van der Waals surface area contributed by atoms with Gasteiger partial charge in [0.1, 0.15) is 10.6 Å². The van der Waals surface area contributed by atoms with Crippen LogP contribution in [0.25, 0.3) is 0 Å². The molecule has 2 aromatic carbocycles. The van der Waals surface area contributed by atoms with E-state index in [4.69, 9.17) is 4.74 Å². The zero-order chi connectivity index (χ0) is 23.5. The summed E-state index contributed by atoms with van der Waals surface area (Å²) in [5.74, 6) is -0.0390. The van der Waals surface area contributed by atoms with Gasteiger partial charge in [-0.3, -0.25) is 4.79 Å². The van der Waals surface area contributed by atoms with E-state index < -0.39 is 10.0 Å². The zero-order valence-corrected chi connectivity index (χ0v) is 20.5. The zero-order valence-electron chi connectivity index (χ0n) is 19.7. The molecule has 1 N–H and O–H groups in total. The molecule has 0 unspecified atom stereocenters. The molecule has 2 aromatic rings. The standard InChI is InChI=1S/C25H34N2O4S/c1-17-11-12-22(31-5)23(15-17)32(29,30)27(21-9-7-6-8-10-21)16-24(28)26-25-19(3)13-18(2)14-20(25)4/h11-15,21H,6-10,16H2,1-5H3,(H,26,28). The van der Waals surface area contributed by atoms with E-state index in [1.165, 1.54) is 11.4 Å². The molecular weight excluding hydrogens is 424 g/mol. The van der Waals surface area contributed by atoms with E-state index in [0.717, 1.165) is 60.0 Å². The maximum Gasteiger partial charge on any atom is 0.247 e. The molecule has 0 heterocycles. The molecule has 7 heteroatoms. The Morgan fingerprint density at radius 1 is 1.00 bits per heavy atom. The summed E-state index contributed by atoms with van der Waals surface area (Å²) in [6.07, 6.45) is 4.51. The van der Waals surface area contributed by atoms with Crippen molar-refractivity contribution in [3.8, 4) is 5.75 Å². The van der Waals surface area contributed by atoms with E-state index in [1.54, 1.807) is 12.1 Å². The van der Waals surface area contributed by atoms with Gasteiger partial charge >= 0.3 is 0 Å². The van der Waals surface area contributed by atoms with Crippen molar-refractivity contribution < 1.29 is 17.9 Å². The fraction of sp³-hybridized carbons (Fsp3) is 0.480. The molecule has 0 spiro atoms. The van der Waals surface area contributed by atoms with Crippen molar-refractivity contribution in [2.45, 2.75) is 70.7 Å². The van der Waals surface area contributed by atoms with Gasteiger partial charge in [0, 0.05) is 11.7 Å². The van der Waals surface area contributed by atoms with E-state index in [2.05, 4.69) is 5.32 Å². The van der Waals surface area contributed by atoms with Crippen molar-refractivity contribution in [3.05, 3.63) is 52.6 Å². The van der Waals surface area contributed by atoms with Crippen LogP contribution >= 0.6 is 0 Å². The van der Waals surface area contributed by atoms with Gasteiger partial charge < -0.3 is 10.1 Å². The van der Waals surface area contributed by atoms with Crippen LogP contribution in [-0.2, 0) is 14.8 Å². The Kier molecular flexibility index (Phi) is 7.62. The average Bonchev–Trinajstić information content (AvgIpc) is 2.75. The SMILES string of the molecule is COc1ccc(C)cc1S(=O)(=O)N(CC(=O)Nc1c(C)cc(C)cc1C)C1CCCCC1. The maximum atomic E-state index is 13.8. The lowest BCUT2D eigenvalue weighted by atomic mass is 9.95. The molecular formula is C25H34N2O4S. The van der Waals surface area contributed by atoms with Gasteiger partial charge in [-0.25, -0.2) is 8.42 Å². The lowest BCUT2D eigenvalue weighted by Gasteiger charge is -2.33. The normalized spacial score (nSPS) is 15.1. The quantitative estimate of drug-likeness (QED) is 0.641. The smallest absolute Gasteiger partial charge is 0.247 e. The number of nitrogens with one attached hydrogen (secondary N) is 1. The Hall–Kier alpha value is -2.38. The Balaban J connectivity index is 1.95. The molecule has 0 aromatic heterocycles. The number of aryl methyl sites for hydroxylation is 4. The molecule has 0 bridgehead atoms. The van der Waals surface area contributed by atoms with Gasteiger partial charge in [0.25, 0.3) is 0 Å². The predicted molar refractivity (Wildman–Crippen MR) is 128 cm³/mol. The van der Waals surface area contributed by atoms with Gasteiger partial charge in [-0.15, -0.1) is 0 Å². The molecule has 0 atom stereocenters. The van der Waals surface area contributed by atoms with Gasteiger partial charge in [0.15, 0.2) is 0 Å². The molecule has 0 radical (unpaired) electrons. The number of ether oxygens (including phenoxy) is 1. The van der Waals surface area contributed by atoms with Gasteiger partial charge in [-0.1, -0.05) is 43.0 Å². The van der Waals surface area contributed by atoms with Crippen molar-refractivity contribution in [3.63, 3.8) is 0 Å². The summed E-state index contributed by atoms with van der Waals surface area (Å²) in [5, 5.41) is 2.96. The minimum absolute atomic E-state index is 0.112. The van der Waals surface area contributed by atoms with Crippen molar-refractivity contribution >= 4 is 21.6 Å². The molecule has 174 valence electrons. The molecule has 1 aliphatic rings. The molecule has 1 aliphatic carbocycles. The minimum Gasteiger partial charge on any atom is -0.495 e. The molecule has 3 rings (SSSR count). The third kappa shape index (κ3) is 5.33. The second kappa shape index (κ2) is 10.0. The number of nitrogens with zero attached hydrogens (tertiary/aromatic N) is 1. The topological polar surface area (TPSA) is 75.7 Å². The first kappa shape index (κ1) is 24.3. The van der Waals surface area contributed by atoms with Crippen LogP contribution in [0, 0.1) is 27.7 Å². The highest BCUT2D eigenvalue weighted by atomic mass is 32.2. The summed E-state index contributed by atoms with van der Waals surface area (Å²) in [7, 11) is -2.47. The summed E-state index contributed by atoms with van der Waals surface area (Å²) in [5.41, 5.74) is 4.61. The minimum atomic E-state index is -3.93. The molecule has 1 amide bonds. The lowest BCUT2D eigenvalue weighted by molar-refractivity contribution is -0.116. The number of hydrogen-bond acceptors (Lipinski definition) is 4.